The van der Waals surface area contributed by atoms with Crippen LogP contribution in [0, 0.1) is 33.1 Å². The van der Waals surface area contributed by atoms with Gasteiger partial charge in [0, 0.05) is 0 Å². The molecular weight excluding hydrogens is 540 g/mol. The lowest BCUT2D eigenvalue weighted by atomic mass is 9.85. The number of ether oxygens (including phenoxy) is 1. The number of amides is 3. The molecule has 1 saturated carbocycles. The smallest absolute Gasteiger partial charge is 0.262 e. The molecule has 0 unspecified atom stereocenters. The van der Waals surface area contributed by atoms with Crippen LogP contribution in [0.15, 0.2) is 59.7 Å². The minimum Gasteiger partial charge on any atom is -0.483 e. The van der Waals surface area contributed by atoms with Gasteiger partial charge in [-0.05, 0) is 76.7 Å². The standard InChI is InChI=1S/C24H19FIN3O4/c25-16-3-1-2-4-18(16)28-20(30)12-33-19-8-5-13(9-17(19)26)11-27-29-23(31)21-14-6-7-15(10-14)22(21)24(29)32/h1-9,11,14-15,21-22H,10,12H2,(H,28,30)/t14-,15-,21-,22+/m0/s1. The van der Waals surface area contributed by atoms with Crippen molar-refractivity contribution in [2.75, 3.05) is 11.9 Å². The topological polar surface area (TPSA) is 88.1 Å². The molecule has 168 valence electrons. The van der Waals surface area contributed by atoms with Crippen LogP contribution in [-0.4, -0.2) is 35.6 Å². The zero-order valence-corrected chi connectivity index (χ0v) is 19.4. The quantitative estimate of drug-likeness (QED) is 0.254. The van der Waals surface area contributed by atoms with Crippen molar-refractivity contribution in [3.05, 3.63) is 69.6 Å². The van der Waals surface area contributed by atoms with Crippen LogP contribution in [0.25, 0.3) is 0 Å². The van der Waals surface area contributed by atoms with Crippen LogP contribution in [0.5, 0.6) is 5.75 Å². The summed E-state index contributed by atoms with van der Waals surface area (Å²) in [6.07, 6.45) is 6.44. The average Bonchev–Trinajstić information content (AvgIpc) is 3.47. The number of halogens is 2. The summed E-state index contributed by atoms with van der Waals surface area (Å²) >= 11 is 2.06. The number of allylic oxidation sites excluding steroid dienone is 2. The van der Waals surface area contributed by atoms with Crippen LogP contribution in [-0.2, 0) is 14.4 Å². The third kappa shape index (κ3) is 4.05. The first-order valence-electron chi connectivity index (χ1n) is 10.5. The molecule has 3 amide bonds. The maximum atomic E-state index is 13.6. The van der Waals surface area contributed by atoms with Gasteiger partial charge in [-0.3, -0.25) is 14.4 Å². The Balaban J connectivity index is 1.20. The van der Waals surface area contributed by atoms with Gasteiger partial charge in [-0.2, -0.15) is 10.1 Å². The molecule has 2 aliphatic carbocycles. The number of hydrogen-bond donors (Lipinski definition) is 1. The van der Waals surface area contributed by atoms with E-state index in [1.165, 1.54) is 24.4 Å². The van der Waals surface area contributed by atoms with E-state index in [4.69, 9.17) is 4.74 Å². The lowest BCUT2D eigenvalue weighted by Gasteiger charge is -2.13. The van der Waals surface area contributed by atoms with Crippen LogP contribution in [0.3, 0.4) is 0 Å². The Bertz CT molecular complexity index is 1180. The molecule has 2 fully saturated rings. The number of anilines is 1. The van der Waals surface area contributed by atoms with E-state index in [1.54, 1.807) is 24.3 Å². The van der Waals surface area contributed by atoms with Crippen molar-refractivity contribution in [3.8, 4) is 5.75 Å². The highest BCUT2D eigenvalue weighted by Crippen LogP contribution is 2.52. The average molecular weight is 559 g/mol. The van der Waals surface area contributed by atoms with E-state index in [2.05, 4.69) is 33.0 Å². The largest absolute Gasteiger partial charge is 0.483 e. The number of imide groups is 1. The van der Waals surface area contributed by atoms with Gasteiger partial charge in [0.1, 0.15) is 11.6 Å². The number of benzene rings is 2. The predicted octanol–water partition coefficient (Wildman–Crippen LogP) is 3.59. The number of nitrogens with zero attached hydrogens (tertiary/aromatic N) is 2. The van der Waals surface area contributed by atoms with Gasteiger partial charge in [0.25, 0.3) is 17.7 Å². The zero-order chi connectivity index (χ0) is 23.1. The molecule has 1 N–H and O–H groups in total. The Hall–Kier alpha value is -3.08. The minimum absolute atomic E-state index is 0.0892. The Morgan fingerprint density at radius 3 is 2.52 bits per heavy atom. The number of para-hydroxylation sites is 1. The van der Waals surface area contributed by atoms with Crippen LogP contribution < -0.4 is 10.1 Å². The van der Waals surface area contributed by atoms with Crippen LogP contribution >= 0.6 is 22.6 Å². The number of carbonyl (C=O) groups is 3. The second-order valence-electron chi connectivity index (χ2n) is 8.24. The van der Waals surface area contributed by atoms with Gasteiger partial charge in [-0.15, -0.1) is 0 Å². The molecule has 5 rings (SSSR count). The van der Waals surface area contributed by atoms with E-state index in [0.717, 1.165) is 11.4 Å². The molecular formula is C24H19FIN3O4. The Morgan fingerprint density at radius 2 is 1.85 bits per heavy atom. The number of nitrogens with one attached hydrogen (secondary N) is 1. The molecule has 2 aromatic rings. The highest BCUT2D eigenvalue weighted by atomic mass is 127. The van der Waals surface area contributed by atoms with E-state index in [9.17, 15) is 18.8 Å². The van der Waals surface area contributed by atoms with Gasteiger partial charge in [0.2, 0.25) is 0 Å². The predicted molar refractivity (Wildman–Crippen MR) is 127 cm³/mol. The van der Waals surface area contributed by atoms with Gasteiger partial charge in [0.05, 0.1) is 27.3 Å². The van der Waals surface area contributed by atoms with Crippen molar-refractivity contribution in [2.24, 2.45) is 28.8 Å². The van der Waals surface area contributed by atoms with E-state index in [-0.39, 0.29) is 47.8 Å². The highest BCUT2D eigenvalue weighted by Gasteiger charge is 2.59. The fourth-order valence-corrected chi connectivity index (χ4v) is 5.43. The summed E-state index contributed by atoms with van der Waals surface area (Å²) in [5.74, 6) is -1.27. The first-order chi connectivity index (χ1) is 15.9. The highest BCUT2D eigenvalue weighted by molar-refractivity contribution is 14.1. The molecule has 0 aromatic heterocycles. The summed E-state index contributed by atoms with van der Waals surface area (Å²) in [6.45, 7) is -0.284. The van der Waals surface area contributed by atoms with Crippen LogP contribution in [0.1, 0.15) is 12.0 Å². The van der Waals surface area contributed by atoms with Gasteiger partial charge < -0.3 is 10.1 Å². The minimum atomic E-state index is -0.522. The molecule has 9 heteroatoms. The number of hydrazone groups is 1. The molecule has 4 atom stereocenters. The van der Waals surface area contributed by atoms with Crippen molar-refractivity contribution < 1.29 is 23.5 Å². The fraction of sp³-hybridized carbons (Fsp3) is 0.250. The number of fused-ring (bicyclic) bond motifs is 5. The van der Waals surface area contributed by atoms with Crippen LogP contribution in [0.2, 0.25) is 0 Å². The molecule has 7 nitrogen and oxygen atoms in total. The first-order valence-corrected chi connectivity index (χ1v) is 11.6. The summed E-state index contributed by atoms with van der Waals surface area (Å²) in [6, 6.07) is 11.0. The molecule has 2 aromatic carbocycles. The number of rotatable bonds is 6. The fourth-order valence-electron chi connectivity index (χ4n) is 4.73. The van der Waals surface area contributed by atoms with Gasteiger partial charge in [0.15, 0.2) is 6.61 Å². The maximum Gasteiger partial charge on any atom is 0.262 e. The summed E-state index contributed by atoms with van der Waals surface area (Å²) in [5, 5.41) is 7.64. The lowest BCUT2D eigenvalue weighted by molar-refractivity contribution is -0.140. The molecule has 0 spiro atoms. The van der Waals surface area contributed by atoms with E-state index < -0.39 is 11.7 Å². The lowest BCUT2D eigenvalue weighted by Crippen LogP contribution is -2.28. The maximum absolute atomic E-state index is 13.6. The molecule has 1 saturated heterocycles. The summed E-state index contributed by atoms with van der Waals surface area (Å²) in [5.41, 5.74) is 0.771. The van der Waals surface area contributed by atoms with Gasteiger partial charge in [-0.1, -0.05) is 24.3 Å². The Morgan fingerprint density at radius 1 is 1.15 bits per heavy atom. The van der Waals surface area contributed by atoms with Crippen molar-refractivity contribution >= 4 is 52.2 Å². The molecule has 0 radical (unpaired) electrons. The zero-order valence-electron chi connectivity index (χ0n) is 17.3. The molecule has 1 heterocycles. The first kappa shape index (κ1) is 21.7. The van der Waals surface area contributed by atoms with Gasteiger partial charge in [-0.25, -0.2) is 4.39 Å². The van der Waals surface area contributed by atoms with E-state index >= 15 is 0 Å². The number of carbonyl (C=O) groups excluding carboxylic acids is 3. The Kier molecular flexibility index (Phi) is 5.73. The second-order valence-corrected chi connectivity index (χ2v) is 9.40. The van der Waals surface area contributed by atoms with Crippen molar-refractivity contribution in [1.82, 2.24) is 5.01 Å². The van der Waals surface area contributed by atoms with Crippen molar-refractivity contribution in [2.45, 2.75) is 6.42 Å². The number of hydrogen-bond acceptors (Lipinski definition) is 5. The molecule has 33 heavy (non-hydrogen) atoms. The molecule has 3 aliphatic rings. The van der Waals surface area contributed by atoms with Crippen molar-refractivity contribution in [1.29, 1.82) is 0 Å². The van der Waals surface area contributed by atoms with E-state index in [1.807, 2.05) is 12.2 Å². The normalized spacial score (nSPS) is 25.2. The van der Waals surface area contributed by atoms with Gasteiger partial charge >= 0.3 is 0 Å². The monoisotopic (exact) mass is 559 g/mol. The second kappa shape index (κ2) is 8.69. The van der Waals surface area contributed by atoms with Crippen LogP contribution in [0.4, 0.5) is 10.1 Å². The SMILES string of the molecule is O=C(COc1ccc(C=NN2C(=O)[C@@H]3[C@H](C2=O)[C@H]2C=C[C@H]3C2)cc1I)Nc1ccccc1F. The summed E-state index contributed by atoms with van der Waals surface area (Å²) in [4.78, 5) is 37.5. The summed E-state index contributed by atoms with van der Waals surface area (Å²) < 4.78 is 19.9. The van der Waals surface area contributed by atoms with E-state index in [0.29, 0.717) is 14.9 Å². The molecule has 1 aliphatic heterocycles. The third-order valence-corrected chi connectivity index (χ3v) is 7.08. The summed E-state index contributed by atoms with van der Waals surface area (Å²) in [7, 11) is 0. The Labute approximate surface area is 202 Å². The molecule has 2 bridgehead atoms. The van der Waals surface area contributed by atoms with Crippen molar-refractivity contribution in [3.63, 3.8) is 0 Å². The third-order valence-electron chi connectivity index (χ3n) is 6.23.